The van der Waals surface area contributed by atoms with E-state index < -0.39 is 12.0 Å². The molecule has 0 aliphatic carbocycles. The summed E-state index contributed by atoms with van der Waals surface area (Å²) in [5.74, 6) is -0.561. The summed E-state index contributed by atoms with van der Waals surface area (Å²) in [5, 5.41) is 18.4. The predicted molar refractivity (Wildman–Crippen MR) is 75.5 cm³/mol. The molecule has 2 unspecified atom stereocenters. The number of nitrogens with zero attached hydrogens (tertiary/aromatic N) is 2. The van der Waals surface area contributed by atoms with Crippen molar-refractivity contribution < 1.29 is 19.8 Å². The van der Waals surface area contributed by atoms with E-state index in [4.69, 9.17) is 5.11 Å². The number of carbonyl (C=O) groups is 2. The fraction of sp³-hybridized carbons (Fsp3) is 0.857. The van der Waals surface area contributed by atoms with Crippen LogP contribution in [0.4, 0.5) is 4.79 Å². The second kappa shape index (κ2) is 8.09. The second-order valence-corrected chi connectivity index (χ2v) is 5.34. The topological polar surface area (TPSA) is 81.1 Å². The van der Waals surface area contributed by atoms with E-state index in [1.807, 2.05) is 6.92 Å². The third kappa shape index (κ3) is 4.10. The lowest BCUT2D eigenvalue weighted by atomic mass is 9.89. The Morgan fingerprint density at radius 2 is 2.00 bits per heavy atom. The van der Waals surface area contributed by atoms with Gasteiger partial charge in [-0.25, -0.2) is 9.59 Å². The lowest BCUT2D eigenvalue weighted by molar-refractivity contribution is -0.144. The third-order valence-corrected chi connectivity index (χ3v) is 3.95. The molecule has 1 aliphatic rings. The molecule has 1 heterocycles. The van der Waals surface area contributed by atoms with Crippen LogP contribution in [0.25, 0.3) is 0 Å². The van der Waals surface area contributed by atoms with Crippen LogP contribution in [0.2, 0.25) is 0 Å². The highest BCUT2D eigenvalue weighted by Crippen LogP contribution is 2.26. The maximum atomic E-state index is 12.5. The first-order valence-electron chi connectivity index (χ1n) is 7.44. The number of aliphatic hydroxyl groups is 1. The van der Waals surface area contributed by atoms with E-state index in [2.05, 4.69) is 6.92 Å². The van der Waals surface area contributed by atoms with Crippen molar-refractivity contribution in [3.63, 3.8) is 0 Å². The van der Waals surface area contributed by atoms with Gasteiger partial charge >= 0.3 is 12.0 Å². The van der Waals surface area contributed by atoms with Crippen LogP contribution in [0, 0.1) is 5.92 Å². The van der Waals surface area contributed by atoms with Gasteiger partial charge in [-0.15, -0.1) is 0 Å². The summed E-state index contributed by atoms with van der Waals surface area (Å²) in [4.78, 5) is 26.9. The van der Waals surface area contributed by atoms with Gasteiger partial charge in [-0.2, -0.15) is 0 Å². The first kappa shape index (κ1) is 16.8. The van der Waals surface area contributed by atoms with Crippen LogP contribution in [0.3, 0.4) is 0 Å². The number of piperidine rings is 1. The molecule has 2 amide bonds. The number of amides is 2. The molecule has 0 saturated carbocycles. The molecule has 1 aliphatic heterocycles. The molecule has 0 radical (unpaired) electrons. The van der Waals surface area contributed by atoms with Crippen LogP contribution in [0.5, 0.6) is 0 Å². The first-order valence-corrected chi connectivity index (χ1v) is 7.44. The van der Waals surface area contributed by atoms with Crippen LogP contribution >= 0.6 is 0 Å². The van der Waals surface area contributed by atoms with Gasteiger partial charge in [0.2, 0.25) is 0 Å². The maximum absolute atomic E-state index is 12.5. The molecule has 0 aromatic rings. The number of hydrogen-bond acceptors (Lipinski definition) is 3. The van der Waals surface area contributed by atoms with E-state index in [1.165, 1.54) is 4.90 Å². The molecule has 20 heavy (non-hydrogen) atoms. The Labute approximate surface area is 120 Å². The summed E-state index contributed by atoms with van der Waals surface area (Å²) in [6.07, 6.45) is 3.11. The highest BCUT2D eigenvalue weighted by atomic mass is 16.4. The largest absolute Gasteiger partial charge is 0.480 e. The monoisotopic (exact) mass is 286 g/mol. The van der Waals surface area contributed by atoms with Gasteiger partial charge < -0.3 is 20.0 Å². The Hall–Kier alpha value is -1.30. The molecule has 6 nitrogen and oxygen atoms in total. The first-order chi connectivity index (χ1) is 9.54. The van der Waals surface area contributed by atoms with Crippen molar-refractivity contribution in [1.82, 2.24) is 9.80 Å². The van der Waals surface area contributed by atoms with E-state index in [0.29, 0.717) is 25.4 Å². The molecule has 116 valence electrons. The van der Waals surface area contributed by atoms with Crippen molar-refractivity contribution in [2.45, 2.75) is 45.6 Å². The van der Waals surface area contributed by atoms with Crippen molar-refractivity contribution in [3.05, 3.63) is 0 Å². The van der Waals surface area contributed by atoms with Gasteiger partial charge in [-0.1, -0.05) is 20.3 Å². The average Bonchev–Trinajstić information content (AvgIpc) is 2.45. The zero-order valence-corrected chi connectivity index (χ0v) is 12.4. The van der Waals surface area contributed by atoms with E-state index >= 15 is 0 Å². The van der Waals surface area contributed by atoms with Gasteiger partial charge in [0, 0.05) is 19.6 Å². The van der Waals surface area contributed by atoms with Gasteiger partial charge in [0.15, 0.2) is 0 Å². The van der Waals surface area contributed by atoms with Crippen LogP contribution < -0.4 is 0 Å². The summed E-state index contributed by atoms with van der Waals surface area (Å²) >= 11 is 0. The molecule has 6 heteroatoms. The van der Waals surface area contributed by atoms with Crippen molar-refractivity contribution >= 4 is 12.0 Å². The molecular weight excluding hydrogens is 260 g/mol. The summed E-state index contributed by atoms with van der Waals surface area (Å²) in [7, 11) is 0. The van der Waals surface area contributed by atoms with Crippen LogP contribution in [-0.2, 0) is 4.79 Å². The number of urea groups is 1. The Kier molecular flexibility index (Phi) is 6.78. The van der Waals surface area contributed by atoms with Gasteiger partial charge in [-0.3, -0.25) is 0 Å². The highest BCUT2D eigenvalue weighted by molar-refractivity contribution is 5.83. The molecule has 2 N–H and O–H groups in total. The van der Waals surface area contributed by atoms with E-state index in [9.17, 15) is 14.7 Å². The summed E-state index contributed by atoms with van der Waals surface area (Å²) in [6, 6.07) is -0.998. The number of carboxylic acid groups (broad SMARTS) is 1. The van der Waals surface area contributed by atoms with E-state index in [1.54, 1.807) is 4.90 Å². The number of hydrogen-bond donors (Lipinski definition) is 2. The molecule has 1 fully saturated rings. The number of rotatable bonds is 6. The molecule has 0 aromatic carbocycles. The van der Waals surface area contributed by atoms with Crippen LogP contribution in [0.1, 0.15) is 39.5 Å². The van der Waals surface area contributed by atoms with Gasteiger partial charge in [0.1, 0.15) is 6.04 Å². The summed E-state index contributed by atoms with van der Waals surface area (Å²) in [5.41, 5.74) is 0. The number of carbonyl (C=O) groups excluding carboxylic acids is 1. The Balaban J connectivity index is 2.79. The number of likely N-dealkylation sites (tertiary alicyclic amines) is 1. The normalized spacial score (nSPS) is 22.6. The lowest BCUT2D eigenvalue weighted by Crippen LogP contribution is -2.55. The highest BCUT2D eigenvalue weighted by Gasteiger charge is 2.37. The van der Waals surface area contributed by atoms with Crippen molar-refractivity contribution in [2.75, 3.05) is 26.2 Å². The average molecular weight is 286 g/mol. The minimum atomic E-state index is -0.933. The minimum Gasteiger partial charge on any atom is -0.480 e. The van der Waals surface area contributed by atoms with Crippen LogP contribution in [-0.4, -0.2) is 64.3 Å². The zero-order chi connectivity index (χ0) is 15.1. The predicted octanol–water partition coefficient (Wildman–Crippen LogP) is 1.39. The van der Waals surface area contributed by atoms with E-state index in [0.717, 1.165) is 19.3 Å². The fourth-order valence-corrected chi connectivity index (χ4v) is 2.75. The second-order valence-electron chi connectivity index (χ2n) is 5.34. The van der Waals surface area contributed by atoms with Crippen molar-refractivity contribution in [3.8, 4) is 0 Å². The molecule has 0 bridgehead atoms. The molecule has 1 rings (SSSR count). The third-order valence-electron chi connectivity index (χ3n) is 3.95. The molecule has 0 spiro atoms. The van der Waals surface area contributed by atoms with Crippen molar-refractivity contribution in [1.29, 1.82) is 0 Å². The zero-order valence-electron chi connectivity index (χ0n) is 12.4. The molecule has 2 atom stereocenters. The quantitative estimate of drug-likeness (QED) is 0.773. The fourth-order valence-electron chi connectivity index (χ4n) is 2.75. The molecular formula is C14H26N2O4. The minimum absolute atomic E-state index is 0.102. The number of carboxylic acids is 1. The molecule has 0 aromatic heterocycles. The smallest absolute Gasteiger partial charge is 0.326 e. The van der Waals surface area contributed by atoms with E-state index in [-0.39, 0.29) is 19.2 Å². The van der Waals surface area contributed by atoms with Crippen LogP contribution in [0.15, 0.2) is 0 Å². The Bertz CT molecular complexity index is 329. The van der Waals surface area contributed by atoms with Gasteiger partial charge in [0.25, 0.3) is 0 Å². The van der Waals surface area contributed by atoms with Gasteiger partial charge in [-0.05, 0) is 25.2 Å². The number of aliphatic hydroxyl groups excluding tert-OH is 1. The summed E-state index contributed by atoms with van der Waals surface area (Å²) in [6.45, 7) is 5.19. The Morgan fingerprint density at radius 1 is 1.30 bits per heavy atom. The van der Waals surface area contributed by atoms with Crippen molar-refractivity contribution in [2.24, 2.45) is 5.92 Å². The maximum Gasteiger partial charge on any atom is 0.326 e. The number of aliphatic carboxylic acids is 1. The van der Waals surface area contributed by atoms with Gasteiger partial charge in [0.05, 0.1) is 6.61 Å². The standard InChI is InChI=1S/C14H26N2O4/c1-3-6-15(8-9-17)14(20)16-7-5-11(4-2)10-12(16)13(18)19/h11-12,17H,3-10H2,1-2H3,(H,18,19). The lowest BCUT2D eigenvalue weighted by Gasteiger charge is -2.39. The molecule has 1 saturated heterocycles. The summed E-state index contributed by atoms with van der Waals surface area (Å²) < 4.78 is 0. The SMILES string of the molecule is CCCN(CCO)C(=O)N1CCC(CC)CC1C(=O)O. The Morgan fingerprint density at radius 3 is 2.50 bits per heavy atom.